The van der Waals surface area contributed by atoms with Gasteiger partial charge in [0, 0.05) is 17.8 Å². The second-order valence-corrected chi connectivity index (χ2v) is 5.51. The van der Waals surface area contributed by atoms with E-state index in [1.807, 2.05) is 30.3 Å². The Bertz CT molecular complexity index is 742. The van der Waals surface area contributed by atoms with Crippen LogP contribution >= 0.6 is 0 Å². The van der Waals surface area contributed by atoms with Crippen LogP contribution in [0.2, 0.25) is 0 Å². The Labute approximate surface area is 125 Å². The summed E-state index contributed by atoms with van der Waals surface area (Å²) in [7, 11) is 0. The van der Waals surface area contributed by atoms with Crippen molar-refractivity contribution in [3.8, 4) is 11.5 Å². The topological polar surface area (TPSA) is 38.1 Å². The molecule has 0 fully saturated rings. The van der Waals surface area contributed by atoms with Gasteiger partial charge in [-0.2, -0.15) is 0 Å². The van der Waals surface area contributed by atoms with E-state index in [1.54, 1.807) is 0 Å². The molecule has 0 spiro atoms. The highest BCUT2D eigenvalue weighted by Gasteiger charge is 2.09. The van der Waals surface area contributed by atoms with Gasteiger partial charge in [0.15, 0.2) is 5.58 Å². The minimum absolute atomic E-state index is 0.494. The molecule has 3 rings (SSSR count). The zero-order valence-electron chi connectivity index (χ0n) is 12.7. The maximum Gasteiger partial charge on any atom is 0.227 e. The van der Waals surface area contributed by atoms with Crippen molar-refractivity contribution in [1.29, 1.82) is 0 Å². The van der Waals surface area contributed by atoms with Crippen LogP contribution in [-0.4, -0.2) is 11.5 Å². The highest BCUT2D eigenvalue weighted by molar-refractivity contribution is 5.77. The Morgan fingerprint density at radius 1 is 1.10 bits per heavy atom. The van der Waals surface area contributed by atoms with Crippen molar-refractivity contribution < 1.29 is 4.42 Å². The number of anilines is 1. The molecule has 3 aromatic rings. The quantitative estimate of drug-likeness (QED) is 0.726. The molecule has 0 saturated carbocycles. The highest BCUT2D eigenvalue weighted by Crippen LogP contribution is 2.27. The van der Waals surface area contributed by atoms with E-state index in [4.69, 9.17) is 4.42 Å². The average Bonchev–Trinajstić information content (AvgIpc) is 2.91. The van der Waals surface area contributed by atoms with Gasteiger partial charge < -0.3 is 9.73 Å². The van der Waals surface area contributed by atoms with E-state index < -0.39 is 0 Å². The van der Waals surface area contributed by atoms with E-state index in [0.29, 0.717) is 11.8 Å². The molecule has 0 aliphatic carbocycles. The van der Waals surface area contributed by atoms with E-state index in [-0.39, 0.29) is 0 Å². The molecule has 0 radical (unpaired) electrons. The molecule has 0 amide bonds. The zero-order chi connectivity index (χ0) is 14.8. The normalized spacial score (nSPS) is 11.2. The Hall–Kier alpha value is -2.29. The maximum absolute atomic E-state index is 5.86. The molecule has 1 N–H and O–H groups in total. The second kappa shape index (κ2) is 5.60. The molecule has 0 aliphatic rings. The van der Waals surface area contributed by atoms with E-state index in [9.17, 15) is 0 Å². The van der Waals surface area contributed by atoms with Crippen LogP contribution in [-0.2, 0) is 0 Å². The summed E-state index contributed by atoms with van der Waals surface area (Å²) in [4.78, 5) is 4.61. The molecule has 3 heteroatoms. The number of fused-ring (bicyclic) bond motifs is 1. The molecular weight excluding hydrogens is 260 g/mol. The third-order valence-corrected chi connectivity index (χ3v) is 3.59. The van der Waals surface area contributed by atoms with Crippen LogP contribution in [0.1, 0.15) is 32.3 Å². The lowest BCUT2D eigenvalue weighted by Gasteiger charge is -2.02. The van der Waals surface area contributed by atoms with Gasteiger partial charge in [-0.05, 0) is 54.8 Å². The standard InChI is InChI=1S/C18H20N2O/c1-4-19-15-8-5-13(6-9-15)18-20-16-11-14(12(2)3)7-10-17(16)21-18/h5-12,19H,4H2,1-3H3. The van der Waals surface area contributed by atoms with Crippen LogP contribution in [0.4, 0.5) is 5.69 Å². The van der Waals surface area contributed by atoms with Crippen molar-refractivity contribution in [2.75, 3.05) is 11.9 Å². The zero-order valence-corrected chi connectivity index (χ0v) is 12.7. The third-order valence-electron chi connectivity index (χ3n) is 3.59. The van der Waals surface area contributed by atoms with E-state index >= 15 is 0 Å². The summed E-state index contributed by atoms with van der Waals surface area (Å²) in [6, 6.07) is 14.4. The number of nitrogens with zero attached hydrogens (tertiary/aromatic N) is 1. The summed E-state index contributed by atoms with van der Waals surface area (Å²) >= 11 is 0. The van der Waals surface area contributed by atoms with Crippen molar-refractivity contribution in [2.45, 2.75) is 26.7 Å². The molecular formula is C18H20N2O. The van der Waals surface area contributed by atoms with Crippen LogP contribution in [0, 0.1) is 0 Å². The summed E-state index contributed by atoms with van der Waals surface area (Å²) in [5, 5.41) is 3.28. The first kappa shape index (κ1) is 13.7. The smallest absolute Gasteiger partial charge is 0.227 e. The van der Waals surface area contributed by atoms with E-state index in [1.165, 1.54) is 5.56 Å². The molecule has 0 unspecified atom stereocenters. The van der Waals surface area contributed by atoms with Crippen LogP contribution in [0.5, 0.6) is 0 Å². The summed E-state index contributed by atoms with van der Waals surface area (Å²) in [6.07, 6.45) is 0. The molecule has 0 saturated heterocycles. The van der Waals surface area contributed by atoms with Crippen molar-refractivity contribution in [3.63, 3.8) is 0 Å². The SMILES string of the molecule is CCNc1ccc(-c2nc3cc(C(C)C)ccc3o2)cc1. The molecule has 0 atom stereocenters. The van der Waals surface area contributed by atoms with Gasteiger partial charge in [-0.1, -0.05) is 19.9 Å². The van der Waals surface area contributed by atoms with Crippen LogP contribution < -0.4 is 5.32 Å². The number of benzene rings is 2. The first-order chi connectivity index (χ1) is 10.2. The molecule has 108 valence electrons. The molecule has 2 aromatic carbocycles. The van der Waals surface area contributed by atoms with Gasteiger partial charge in [0.25, 0.3) is 0 Å². The first-order valence-electron chi connectivity index (χ1n) is 7.42. The Kier molecular flexibility index (Phi) is 3.65. The van der Waals surface area contributed by atoms with Gasteiger partial charge in [0.2, 0.25) is 5.89 Å². The van der Waals surface area contributed by atoms with Gasteiger partial charge in [0.1, 0.15) is 5.52 Å². The monoisotopic (exact) mass is 280 g/mol. The van der Waals surface area contributed by atoms with Gasteiger partial charge in [0.05, 0.1) is 0 Å². The summed E-state index contributed by atoms with van der Waals surface area (Å²) < 4.78 is 5.86. The number of aromatic nitrogens is 1. The Morgan fingerprint density at radius 3 is 2.52 bits per heavy atom. The molecule has 21 heavy (non-hydrogen) atoms. The van der Waals surface area contributed by atoms with Crippen molar-refractivity contribution in [1.82, 2.24) is 4.98 Å². The van der Waals surface area contributed by atoms with Crippen LogP contribution in [0.3, 0.4) is 0 Å². The first-order valence-corrected chi connectivity index (χ1v) is 7.42. The summed E-state index contributed by atoms with van der Waals surface area (Å²) in [5.74, 6) is 1.17. The minimum Gasteiger partial charge on any atom is -0.436 e. The lowest BCUT2D eigenvalue weighted by molar-refractivity contribution is 0.619. The van der Waals surface area contributed by atoms with Crippen molar-refractivity contribution in [2.24, 2.45) is 0 Å². The van der Waals surface area contributed by atoms with Crippen LogP contribution in [0.25, 0.3) is 22.6 Å². The largest absolute Gasteiger partial charge is 0.436 e. The minimum atomic E-state index is 0.494. The number of nitrogens with one attached hydrogen (secondary N) is 1. The van der Waals surface area contributed by atoms with Gasteiger partial charge in [-0.3, -0.25) is 0 Å². The van der Waals surface area contributed by atoms with Gasteiger partial charge >= 0.3 is 0 Å². The number of hydrogen-bond donors (Lipinski definition) is 1. The summed E-state index contributed by atoms with van der Waals surface area (Å²) in [6.45, 7) is 7.37. The van der Waals surface area contributed by atoms with E-state index in [2.05, 4.69) is 43.2 Å². The second-order valence-electron chi connectivity index (χ2n) is 5.51. The predicted octanol–water partition coefficient (Wildman–Crippen LogP) is 5.05. The number of oxazole rings is 1. The third kappa shape index (κ3) is 2.77. The fourth-order valence-electron chi connectivity index (χ4n) is 2.36. The van der Waals surface area contributed by atoms with E-state index in [0.717, 1.165) is 28.9 Å². The Balaban J connectivity index is 1.96. The average molecular weight is 280 g/mol. The number of rotatable bonds is 4. The van der Waals surface area contributed by atoms with Crippen LogP contribution in [0.15, 0.2) is 46.9 Å². The fraction of sp³-hybridized carbons (Fsp3) is 0.278. The van der Waals surface area contributed by atoms with Crippen molar-refractivity contribution >= 4 is 16.8 Å². The molecule has 1 aromatic heterocycles. The molecule has 0 bridgehead atoms. The fourth-order valence-corrected chi connectivity index (χ4v) is 2.36. The Morgan fingerprint density at radius 2 is 1.86 bits per heavy atom. The predicted molar refractivity (Wildman–Crippen MR) is 87.7 cm³/mol. The van der Waals surface area contributed by atoms with Gasteiger partial charge in [-0.15, -0.1) is 0 Å². The highest BCUT2D eigenvalue weighted by atomic mass is 16.3. The lowest BCUT2D eigenvalue weighted by Crippen LogP contribution is -1.95. The molecule has 0 aliphatic heterocycles. The maximum atomic E-state index is 5.86. The van der Waals surface area contributed by atoms with Crippen molar-refractivity contribution in [3.05, 3.63) is 48.0 Å². The van der Waals surface area contributed by atoms with Gasteiger partial charge in [-0.25, -0.2) is 4.98 Å². The summed E-state index contributed by atoms with van der Waals surface area (Å²) in [5.41, 5.74) is 5.15. The molecule has 3 nitrogen and oxygen atoms in total. The molecule has 1 heterocycles. The number of hydrogen-bond acceptors (Lipinski definition) is 3. The lowest BCUT2D eigenvalue weighted by atomic mass is 10.0.